The predicted molar refractivity (Wildman–Crippen MR) is 80.0 cm³/mol. The van der Waals surface area contributed by atoms with Gasteiger partial charge in [-0.3, -0.25) is 15.1 Å². The summed E-state index contributed by atoms with van der Waals surface area (Å²) in [5.74, 6) is 0.311. The molecule has 1 N–H and O–H groups in total. The van der Waals surface area contributed by atoms with Gasteiger partial charge < -0.3 is 5.32 Å². The van der Waals surface area contributed by atoms with Crippen LogP contribution < -0.4 is 5.32 Å². The van der Waals surface area contributed by atoms with E-state index in [4.69, 9.17) is 0 Å². The van der Waals surface area contributed by atoms with Gasteiger partial charge in [-0.1, -0.05) is 13.0 Å². The van der Waals surface area contributed by atoms with Gasteiger partial charge in [-0.05, 0) is 43.3 Å². The Labute approximate surface area is 118 Å². The molecule has 0 aliphatic rings. The van der Waals surface area contributed by atoms with E-state index in [0.717, 1.165) is 17.4 Å². The van der Waals surface area contributed by atoms with Crippen molar-refractivity contribution in [3.05, 3.63) is 46.3 Å². The minimum absolute atomic E-state index is 0.115. The largest absolute Gasteiger partial charge is 0.317 e. The molecule has 0 amide bonds. The topological polar surface area (TPSA) is 68.1 Å². The summed E-state index contributed by atoms with van der Waals surface area (Å²) in [5, 5.41) is 15.9. The second-order valence-corrected chi connectivity index (χ2v) is 4.94. The molecular formula is C15H19N3O2. The smallest absolute Gasteiger partial charge is 0.278 e. The van der Waals surface area contributed by atoms with Crippen LogP contribution in [0.25, 0.3) is 10.8 Å². The zero-order chi connectivity index (χ0) is 14.7. The lowest BCUT2D eigenvalue weighted by atomic mass is 9.87. The van der Waals surface area contributed by atoms with Gasteiger partial charge in [0.1, 0.15) is 0 Å². The molecule has 0 spiro atoms. The molecule has 1 heterocycles. The third-order valence-corrected chi connectivity index (χ3v) is 3.92. The summed E-state index contributed by atoms with van der Waals surface area (Å²) in [6, 6.07) is 5.63. The van der Waals surface area contributed by atoms with Crippen LogP contribution in [0.3, 0.4) is 0 Å². The lowest BCUT2D eigenvalue weighted by Crippen LogP contribution is -2.28. The molecule has 0 bridgehead atoms. The molecule has 0 aliphatic heterocycles. The van der Waals surface area contributed by atoms with E-state index in [0.29, 0.717) is 17.3 Å². The lowest BCUT2D eigenvalue weighted by molar-refractivity contribution is -0.383. The number of rotatable bonds is 5. The molecule has 0 radical (unpaired) electrons. The summed E-state index contributed by atoms with van der Waals surface area (Å²) in [6.45, 7) is 4.26. The number of hydrogen-bond acceptors (Lipinski definition) is 4. The third-order valence-electron chi connectivity index (χ3n) is 3.92. The number of benzene rings is 1. The Bertz CT molecular complexity index is 628. The normalized spacial score (nSPS) is 14.2. The second kappa shape index (κ2) is 5.96. The fourth-order valence-corrected chi connectivity index (χ4v) is 2.73. The summed E-state index contributed by atoms with van der Waals surface area (Å²) in [4.78, 5) is 14.8. The first-order valence-electron chi connectivity index (χ1n) is 6.78. The Hall–Kier alpha value is -2.01. The van der Waals surface area contributed by atoms with Gasteiger partial charge >= 0.3 is 0 Å². The van der Waals surface area contributed by atoms with E-state index in [-0.39, 0.29) is 10.6 Å². The number of nitro groups is 1. The third kappa shape index (κ3) is 2.49. The number of likely N-dealkylation sites (N-methyl/N-ethyl adjacent to an activating group) is 1. The van der Waals surface area contributed by atoms with Crippen LogP contribution >= 0.6 is 0 Å². The summed E-state index contributed by atoms with van der Waals surface area (Å²) in [7, 11) is 1.93. The highest BCUT2D eigenvalue weighted by Crippen LogP contribution is 2.34. The van der Waals surface area contributed by atoms with Crippen molar-refractivity contribution >= 4 is 16.5 Å². The van der Waals surface area contributed by atoms with E-state index < -0.39 is 0 Å². The summed E-state index contributed by atoms with van der Waals surface area (Å²) >= 11 is 0. The molecule has 1 aromatic carbocycles. The molecule has 0 aliphatic carbocycles. The Morgan fingerprint density at radius 2 is 2.10 bits per heavy atom. The number of fused-ring (bicyclic) bond motifs is 1. The van der Waals surface area contributed by atoms with Crippen molar-refractivity contribution in [1.82, 2.24) is 10.3 Å². The van der Waals surface area contributed by atoms with Gasteiger partial charge in [0.2, 0.25) is 0 Å². The van der Waals surface area contributed by atoms with Gasteiger partial charge in [0, 0.05) is 24.5 Å². The Morgan fingerprint density at radius 1 is 1.35 bits per heavy atom. The van der Waals surface area contributed by atoms with Crippen molar-refractivity contribution in [3.63, 3.8) is 0 Å². The first kappa shape index (κ1) is 14.4. The van der Waals surface area contributed by atoms with Crippen LogP contribution in [0.5, 0.6) is 0 Å². The van der Waals surface area contributed by atoms with Gasteiger partial charge in [-0.25, -0.2) is 0 Å². The van der Waals surface area contributed by atoms with E-state index in [9.17, 15) is 10.1 Å². The van der Waals surface area contributed by atoms with Crippen molar-refractivity contribution in [3.8, 4) is 0 Å². The van der Waals surface area contributed by atoms with Gasteiger partial charge in [-0.2, -0.15) is 0 Å². The van der Waals surface area contributed by atoms with Gasteiger partial charge in [0.25, 0.3) is 5.69 Å². The minimum atomic E-state index is -0.351. The SMILES string of the molecule is CCC(c1ccc([N+](=O)[O-])c2cnccc12)C(C)NC. The molecule has 2 unspecified atom stereocenters. The fourth-order valence-electron chi connectivity index (χ4n) is 2.73. The van der Waals surface area contributed by atoms with Gasteiger partial charge in [0.15, 0.2) is 0 Å². The Balaban J connectivity index is 2.66. The van der Waals surface area contributed by atoms with E-state index in [2.05, 4.69) is 24.1 Å². The first-order valence-corrected chi connectivity index (χ1v) is 6.78. The zero-order valence-electron chi connectivity index (χ0n) is 12.0. The van der Waals surface area contributed by atoms with Crippen LogP contribution in [0.1, 0.15) is 31.7 Å². The lowest BCUT2D eigenvalue weighted by Gasteiger charge is -2.24. The van der Waals surface area contributed by atoms with Crippen LogP contribution in [-0.4, -0.2) is 23.0 Å². The highest BCUT2D eigenvalue weighted by molar-refractivity contribution is 5.93. The van der Waals surface area contributed by atoms with E-state index in [1.54, 1.807) is 18.5 Å². The molecule has 2 rings (SSSR count). The van der Waals surface area contributed by atoms with Crippen molar-refractivity contribution in [1.29, 1.82) is 0 Å². The second-order valence-electron chi connectivity index (χ2n) is 4.94. The van der Waals surface area contributed by atoms with Crippen molar-refractivity contribution in [2.75, 3.05) is 7.05 Å². The first-order chi connectivity index (χ1) is 9.60. The maximum atomic E-state index is 11.1. The average Bonchev–Trinajstić information content (AvgIpc) is 2.47. The molecule has 2 aromatic rings. The van der Waals surface area contributed by atoms with Gasteiger partial charge in [0.05, 0.1) is 10.3 Å². The molecule has 2 atom stereocenters. The van der Waals surface area contributed by atoms with Crippen LogP contribution in [0.15, 0.2) is 30.6 Å². The number of aromatic nitrogens is 1. The molecule has 20 heavy (non-hydrogen) atoms. The quantitative estimate of drug-likeness (QED) is 0.670. The summed E-state index contributed by atoms with van der Waals surface area (Å²) < 4.78 is 0. The number of nitrogens with one attached hydrogen (secondary N) is 1. The minimum Gasteiger partial charge on any atom is -0.317 e. The van der Waals surface area contributed by atoms with E-state index in [1.165, 1.54) is 0 Å². The summed E-state index contributed by atoms with van der Waals surface area (Å²) in [5.41, 5.74) is 1.25. The highest BCUT2D eigenvalue weighted by Gasteiger charge is 2.21. The summed E-state index contributed by atoms with van der Waals surface area (Å²) in [6.07, 6.45) is 4.23. The maximum absolute atomic E-state index is 11.1. The molecule has 0 saturated carbocycles. The zero-order valence-corrected chi connectivity index (χ0v) is 12.0. The van der Waals surface area contributed by atoms with Crippen LogP contribution in [-0.2, 0) is 0 Å². The molecule has 5 nitrogen and oxygen atoms in total. The number of pyridine rings is 1. The van der Waals surface area contributed by atoms with Crippen LogP contribution in [0.2, 0.25) is 0 Å². The monoisotopic (exact) mass is 273 g/mol. The van der Waals surface area contributed by atoms with Gasteiger partial charge in [-0.15, -0.1) is 0 Å². The highest BCUT2D eigenvalue weighted by atomic mass is 16.6. The molecule has 1 aromatic heterocycles. The van der Waals surface area contributed by atoms with Crippen molar-refractivity contribution < 1.29 is 4.92 Å². The van der Waals surface area contributed by atoms with Crippen LogP contribution in [0.4, 0.5) is 5.69 Å². The molecule has 5 heteroatoms. The van der Waals surface area contributed by atoms with Crippen molar-refractivity contribution in [2.45, 2.75) is 32.2 Å². The molecule has 0 fully saturated rings. The fraction of sp³-hybridized carbons (Fsp3) is 0.400. The van der Waals surface area contributed by atoms with E-state index in [1.807, 2.05) is 19.2 Å². The average molecular weight is 273 g/mol. The molecule has 0 saturated heterocycles. The Kier molecular flexibility index (Phi) is 4.29. The van der Waals surface area contributed by atoms with Crippen molar-refractivity contribution in [2.24, 2.45) is 0 Å². The number of non-ortho nitro benzene ring substituents is 1. The Morgan fingerprint density at radius 3 is 2.70 bits per heavy atom. The molecule has 106 valence electrons. The standard InChI is InChI=1S/C15H19N3O2/c1-4-11(10(2)16-3)12-5-6-15(18(19)20)14-9-17-8-7-13(12)14/h5-11,16H,4H2,1-3H3. The number of nitro benzene ring substituents is 1. The molecular weight excluding hydrogens is 254 g/mol. The number of nitrogens with zero attached hydrogens (tertiary/aromatic N) is 2. The predicted octanol–water partition coefficient (Wildman–Crippen LogP) is 3.24. The van der Waals surface area contributed by atoms with Crippen LogP contribution in [0, 0.1) is 10.1 Å². The maximum Gasteiger partial charge on any atom is 0.278 e. The van der Waals surface area contributed by atoms with E-state index >= 15 is 0 Å². The number of hydrogen-bond donors (Lipinski definition) is 1.